The van der Waals surface area contributed by atoms with E-state index in [-0.39, 0.29) is 24.3 Å². The van der Waals surface area contributed by atoms with Gasteiger partial charge in [-0.15, -0.1) is 0 Å². The molecule has 1 aromatic carbocycles. The van der Waals surface area contributed by atoms with Gasteiger partial charge in [0.1, 0.15) is 15.8 Å². The summed E-state index contributed by atoms with van der Waals surface area (Å²) in [6, 6.07) is 10.1. The third-order valence-corrected chi connectivity index (χ3v) is 9.95. The Bertz CT molecular complexity index is 1660. The number of thioether (sulfide) groups is 1. The Morgan fingerprint density at radius 3 is 2.64 bits per heavy atom. The van der Waals surface area contributed by atoms with Crippen LogP contribution in [0.25, 0.3) is 11.7 Å². The number of nitrogens with zero attached hydrogens (tertiary/aromatic N) is 5. The van der Waals surface area contributed by atoms with Crippen molar-refractivity contribution in [3.63, 3.8) is 0 Å². The number of anilines is 1. The summed E-state index contributed by atoms with van der Waals surface area (Å²) in [6.45, 7) is 6.07. The van der Waals surface area contributed by atoms with Gasteiger partial charge in [-0.05, 0) is 55.2 Å². The van der Waals surface area contributed by atoms with Gasteiger partial charge in [0.05, 0.1) is 10.5 Å². The average Bonchev–Trinajstić information content (AvgIpc) is 3.58. The van der Waals surface area contributed by atoms with Crippen molar-refractivity contribution < 1.29 is 14.3 Å². The Kier molecular flexibility index (Phi) is 7.41. The smallest absolute Gasteiger partial charge is 0.267 e. The molecule has 42 heavy (non-hydrogen) atoms. The van der Waals surface area contributed by atoms with E-state index in [1.54, 1.807) is 21.6 Å². The van der Waals surface area contributed by atoms with Gasteiger partial charge in [-0.3, -0.25) is 23.8 Å². The van der Waals surface area contributed by atoms with Gasteiger partial charge in [-0.2, -0.15) is 0 Å². The van der Waals surface area contributed by atoms with Crippen LogP contribution >= 0.6 is 24.0 Å². The predicted molar refractivity (Wildman–Crippen MR) is 168 cm³/mol. The summed E-state index contributed by atoms with van der Waals surface area (Å²) >= 11 is 6.97. The Balaban J connectivity index is 1.17. The molecule has 2 saturated heterocycles. The van der Waals surface area contributed by atoms with Crippen LogP contribution < -0.4 is 19.9 Å². The lowest BCUT2D eigenvalue weighted by atomic mass is 9.94. The van der Waals surface area contributed by atoms with E-state index in [9.17, 15) is 9.59 Å². The van der Waals surface area contributed by atoms with Gasteiger partial charge in [0.15, 0.2) is 11.5 Å². The topological polar surface area (TPSA) is 79.6 Å². The lowest BCUT2D eigenvalue weighted by molar-refractivity contribution is -0.124. The molecule has 4 aliphatic rings. The van der Waals surface area contributed by atoms with Crippen molar-refractivity contribution in [3.8, 4) is 11.5 Å². The fourth-order valence-corrected chi connectivity index (χ4v) is 7.73. The summed E-state index contributed by atoms with van der Waals surface area (Å²) in [5.74, 6) is 2.11. The molecular weight excluding hydrogens is 571 g/mol. The predicted octanol–water partition coefficient (Wildman–Crippen LogP) is 4.59. The molecule has 0 radical (unpaired) electrons. The van der Waals surface area contributed by atoms with Gasteiger partial charge in [0, 0.05) is 45.0 Å². The first-order valence-corrected chi connectivity index (χ1v) is 15.8. The van der Waals surface area contributed by atoms with Crippen molar-refractivity contribution in [2.45, 2.75) is 51.6 Å². The number of ether oxygens (including phenoxy) is 2. The quantitative estimate of drug-likeness (QED) is 0.307. The third kappa shape index (κ3) is 5.07. The van der Waals surface area contributed by atoms with Crippen LogP contribution in [0.5, 0.6) is 11.5 Å². The number of hydrogen-bond acceptors (Lipinski definition) is 9. The molecule has 0 unspecified atom stereocenters. The molecule has 218 valence electrons. The van der Waals surface area contributed by atoms with Crippen LogP contribution in [0.3, 0.4) is 0 Å². The number of pyridine rings is 1. The summed E-state index contributed by atoms with van der Waals surface area (Å²) < 4.78 is 13.2. The van der Waals surface area contributed by atoms with Crippen LogP contribution in [0.1, 0.15) is 48.8 Å². The van der Waals surface area contributed by atoms with E-state index >= 15 is 0 Å². The second-order valence-electron chi connectivity index (χ2n) is 11.3. The first kappa shape index (κ1) is 27.4. The number of fused-ring (bicyclic) bond motifs is 2. The van der Waals surface area contributed by atoms with Crippen molar-refractivity contribution in [1.82, 2.24) is 19.2 Å². The molecule has 9 nitrogen and oxygen atoms in total. The standard InChI is InChI=1S/C31H33N5O4S2/c1-20-6-5-11-35-27(20)32-28(34-14-12-33(13-15-34)18-21-9-10-24-25(16-21)40-19-39-24)23(29(35)37)17-26-30(38)36(31(41)42-26)22-7-3-2-4-8-22/h5-6,9-11,16-17,22H,2-4,7-8,12-15,18-19H2,1H3. The zero-order valence-electron chi connectivity index (χ0n) is 23.6. The highest BCUT2D eigenvalue weighted by atomic mass is 32.2. The molecule has 3 aliphatic heterocycles. The van der Waals surface area contributed by atoms with Gasteiger partial charge in [-0.25, -0.2) is 4.98 Å². The fraction of sp³-hybridized carbons (Fsp3) is 0.419. The summed E-state index contributed by atoms with van der Waals surface area (Å²) in [4.78, 5) is 39.4. The fourth-order valence-electron chi connectivity index (χ4n) is 6.35. The first-order chi connectivity index (χ1) is 20.5. The Labute approximate surface area is 254 Å². The number of rotatable bonds is 5. The summed E-state index contributed by atoms with van der Waals surface area (Å²) in [5, 5.41) is 0. The molecular formula is C31H33N5O4S2. The molecule has 3 aromatic rings. The van der Waals surface area contributed by atoms with Crippen LogP contribution in [0.15, 0.2) is 46.2 Å². The second-order valence-corrected chi connectivity index (χ2v) is 13.0. The number of carbonyl (C=O) groups is 1. The number of aryl methyl sites for hydroxylation is 1. The van der Waals surface area contributed by atoms with Crippen molar-refractivity contribution >= 4 is 51.7 Å². The van der Waals surface area contributed by atoms with E-state index in [0.29, 0.717) is 39.3 Å². The SMILES string of the molecule is Cc1cccn2c(=O)c(C=C3SC(=S)N(C4CCCCC4)C3=O)c(N3CCN(Cc4ccc5c(c4)OCO5)CC3)nc12. The largest absolute Gasteiger partial charge is 0.454 e. The first-order valence-electron chi connectivity index (χ1n) is 14.6. The van der Waals surface area contributed by atoms with E-state index in [1.807, 2.05) is 31.2 Å². The monoisotopic (exact) mass is 603 g/mol. The van der Waals surface area contributed by atoms with Crippen LogP contribution in [-0.2, 0) is 11.3 Å². The minimum Gasteiger partial charge on any atom is -0.454 e. The normalized spacial score (nSPS) is 20.8. The maximum absolute atomic E-state index is 14.0. The van der Waals surface area contributed by atoms with Gasteiger partial charge in [-0.1, -0.05) is 55.4 Å². The molecule has 0 bridgehead atoms. The lowest BCUT2D eigenvalue weighted by Crippen LogP contribution is -2.47. The molecule has 0 spiro atoms. The molecule has 3 fully saturated rings. The number of amides is 1. The Hall–Kier alpha value is -3.41. The summed E-state index contributed by atoms with van der Waals surface area (Å²) in [7, 11) is 0. The second kappa shape index (κ2) is 11.3. The van der Waals surface area contributed by atoms with E-state index in [1.165, 1.54) is 23.7 Å². The minimum atomic E-state index is -0.176. The molecule has 1 amide bonds. The zero-order chi connectivity index (χ0) is 28.8. The average molecular weight is 604 g/mol. The Morgan fingerprint density at radius 1 is 1.05 bits per heavy atom. The van der Waals surface area contributed by atoms with Gasteiger partial charge in [0.2, 0.25) is 6.79 Å². The van der Waals surface area contributed by atoms with Gasteiger partial charge >= 0.3 is 0 Å². The minimum absolute atomic E-state index is 0.0925. The molecule has 7 rings (SSSR count). The summed E-state index contributed by atoms with van der Waals surface area (Å²) in [6.07, 6.45) is 8.85. The molecule has 2 aromatic heterocycles. The molecule has 5 heterocycles. The van der Waals surface area contributed by atoms with E-state index < -0.39 is 0 Å². The molecule has 11 heteroatoms. The van der Waals surface area contributed by atoms with Crippen molar-refractivity contribution in [3.05, 3.63) is 68.5 Å². The van der Waals surface area contributed by atoms with Crippen LogP contribution in [0.4, 0.5) is 5.82 Å². The summed E-state index contributed by atoms with van der Waals surface area (Å²) in [5.41, 5.74) is 2.99. The van der Waals surface area contributed by atoms with E-state index in [4.69, 9.17) is 26.7 Å². The highest BCUT2D eigenvalue weighted by Crippen LogP contribution is 2.38. The number of aromatic nitrogens is 2. The molecule has 0 atom stereocenters. The van der Waals surface area contributed by atoms with Gasteiger partial charge < -0.3 is 14.4 Å². The van der Waals surface area contributed by atoms with Crippen LogP contribution in [0, 0.1) is 6.92 Å². The highest BCUT2D eigenvalue weighted by molar-refractivity contribution is 8.26. The van der Waals surface area contributed by atoms with Crippen molar-refractivity contribution in [1.29, 1.82) is 0 Å². The number of piperazine rings is 1. The lowest BCUT2D eigenvalue weighted by Gasteiger charge is -2.36. The van der Waals surface area contributed by atoms with Crippen LogP contribution in [-0.4, -0.2) is 68.4 Å². The number of carbonyl (C=O) groups excluding carboxylic acids is 1. The Morgan fingerprint density at radius 2 is 1.83 bits per heavy atom. The molecule has 1 saturated carbocycles. The maximum atomic E-state index is 14.0. The van der Waals surface area contributed by atoms with Crippen LogP contribution in [0.2, 0.25) is 0 Å². The number of hydrogen-bond donors (Lipinski definition) is 0. The maximum Gasteiger partial charge on any atom is 0.267 e. The zero-order valence-corrected chi connectivity index (χ0v) is 25.2. The number of benzene rings is 1. The van der Waals surface area contributed by atoms with E-state index in [0.717, 1.165) is 62.4 Å². The van der Waals surface area contributed by atoms with Gasteiger partial charge in [0.25, 0.3) is 11.5 Å². The van der Waals surface area contributed by atoms with E-state index in [2.05, 4.69) is 15.9 Å². The van der Waals surface area contributed by atoms with Crippen molar-refractivity contribution in [2.75, 3.05) is 37.9 Å². The third-order valence-electron chi connectivity index (χ3n) is 8.62. The molecule has 0 N–H and O–H groups in total. The molecule has 1 aliphatic carbocycles. The highest BCUT2D eigenvalue weighted by Gasteiger charge is 2.38. The number of thiocarbonyl (C=S) groups is 1. The van der Waals surface area contributed by atoms with Crippen molar-refractivity contribution in [2.24, 2.45) is 0 Å².